The molecule has 9 nitrogen and oxygen atoms in total. The molecule has 0 unspecified atom stereocenters. The highest BCUT2D eigenvalue weighted by Crippen LogP contribution is 2.48. The molecule has 1 saturated heterocycles. The van der Waals surface area contributed by atoms with E-state index in [0.717, 1.165) is 44.5 Å². The number of hydrogen-bond acceptors (Lipinski definition) is 5. The van der Waals surface area contributed by atoms with Crippen molar-refractivity contribution in [3.05, 3.63) is 30.1 Å². The molecule has 1 aliphatic carbocycles. The zero-order valence-corrected chi connectivity index (χ0v) is 16.0. The Bertz CT molecular complexity index is 915. The lowest BCUT2D eigenvalue weighted by molar-refractivity contribution is -0.129. The Kier molecular flexibility index (Phi) is 3.99. The van der Waals surface area contributed by atoms with Crippen molar-refractivity contribution in [3.8, 4) is 0 Å². The van der Waals surface area contributed by atoms with Gasteiger partial charge < -0.3 is 10.2 Å². The van der Waals surface area contributed by atoms with Gasteiger partial charge in [-0.3, -0.25) is 14.3 Å². The van der Waals surface area contributed by atoms with Gasteiger partial charge in [0.2, 0.25) is 5.91 Å². The molecule has 1 saturated carbocycles. The molecule has 2 atom stereocenters. The van der Waals surface area contributed by atoms with Crippen molar-refractivity contribution in [2.75, 3.05) is 13.1 Å². The number of aryl methyl sites for hydroxylation is 2. The Morgan fingerprint density at radius 2 is 2.04 bits per heavy atom. The van der Waals surface area contributed by atoms with Gasteiger partial charge >= 0.3 is 0 Å². The van der Waals surface area contributed by atoms with Crippen LogP contribution in [0, 0.1) is 11.3 Å². The summed E-state index contributed by atoms with van der Waals surface area (Å²) >= 11 is 0. The van der Waals surface area contributed by atoms with E-state index in [1.165, 1.54) is 0 Å². The van der Waals surface area contributed by atoms with Crippen LogP contribution in [0.25, 0.3) is 0 Å². The van der Waals surface area contributed by atoms with E-state index in [2.05, 4.69) is 20.5 Å². The van der Waals surface area contributed by atoms with E-state index in [-0.39, 0.29) is 29.2 Å². The number of likely N-dealkylation sites (tertiary alicyclic amines) is 1. The van der Waals surface area contributed by atoms with Crippen LogP contribution >= 0.6 is 0 Å². The van der Waals surface area contributed by atoms with Gasteiger partial charge in [-0.15, -0.1) is 0 Å². The molecule has 9 heteroatoms. The second-order valence-corrected chi connectivity index (χ2v) is 8.34. The molecule has 2 amide bonds. The van der Waals surface area contributed by atoms with Gasteiger partial charge in [0.25, 0.3) is 5.91 Å². The molecule has 3 aliphatic rings. The van der Waals surface area contributed by atoms with Gasteiger partial charge in [-0.05, 0) is 31.7 Å². The molecule has 1 N–H and O–H groups in total. The summed E-state index contributed by atoms with van der Waals surface area (Å²) in [6.07, 6.45) is 7.96. The van der Waals surface area contributed by atoms with Crippen LogP contribution in [0.2, 0.25) is 0 Å². The van der Waals surface area contributed by atoms with Gasteiger partial charge in [0.1, 0.15) is 17.8 Å². The SMILES string of the molecule is Cn1nccc1C(=O)N1CC[C@]2(CCn3ncnc3[C@H]2NC(=O)C2CCC2)C1. The number of nitrogens with one attached hydrogen (secondary N) is 1. The van der Waals surface area contributed by atoms with Crippen molar-refractivity contribution < 1.29 is 9.59 Å². The van der Waals surface area contributed by atoms with Crippen LogP contribution in [0.15, 0.2) is 18.6 Å². The lowest BCUT2D eigenvalue weighted by Crippen LogP contribution is -2.49. The molecule has 0 bridgehead atoms. The topological polar surface area (TPSA) is 97.9 Å². The fourth-order valence-corrected chi connectivity index (χ4v) is 4.82. The number of carbonyl (C=O) groups excluding carboxylic acids is 2. The van der Waals surface area contributed by atoms with Crippen molar-refractivity contribution >= 4 is 11.8 Å². The number of rotatable bonds is 3. The smallest absolute Gasteiger partial charge is 0.272 e. The molecule has 0 radical (unpaired) electrons. The standard InChI is InChI=1S/C19H25N7O2/c1-24-14(5-8-21-24)18(28)25-9-6-19(11-25)7-10-26-16(20-12-22-26)15(19)23-17(27)13-3-2-4-13/h5,8,12-13,15H,2-4,6-7,9-11H2,1H3,(H,23,27)/t15-,19+/m1/s1. The molecule has 0 aromatic carbocycles. The molecule has 2 fully saturated rings. The van der Waals surface area contributed by atoms with Crippen LogP contribution in [0.5, 0.6) is 0 Å². The first-order valence-corrected chi connectivity index (χ1v) is 10.0. The third kappa shape index (κ3) is 2.63. The maximum absolute atomic E-state index is 13.0. The van der Waals surface area contributed by atoms with Crippen molar-refractivity contribution in [3.63, 3.8) is 0 Å². The molecule has 2 aromatic heterocycles. The highest BCUT2D eigenvalue weighted by atomic mass is 16.2. The van der Waals surface area contributed by atoms with Gasteiger partial charge in [-0.1, -0.05) is 6.42 Å². The van der Waals surface area contributed by atoms with E-state index in [4.69, 9.17) is 0 Å². The van der Waals surface area contributed by atoms with E-state index in [1.807, 2.05) is 9.58 Å². The van der Waals surface area contributed by atoms with Crippen molar-refractivity contribution in [2.45, 2.75) is 44.7 Å². The van der Waals surface area contributed by atoms with Crippen LogP contribution in [-0.2, 0) is 18.4 Å². The van der Waals surface area contributed by atoms with Gasteiger partial charge in [0, 0.05) is 44.2 Å². The Labute approximate surface area is 163 Å². The van der Waals surface area contributed by atoms with E-state index in [1.54, 1.807) is 30.3 Å². The normalized spacial score (nSPS) is 26.9. The monoisotopic (exact) mass is 383 g/mol. The minimum Gasteiger partial charge on any atom is -0.345 e. The van der Waals surface area contributed by atoms with Gasteiger partial charge in [0.05, 0.1) is 6.04 Å². The van der Waals surface area contributed by atoms with Crippen LogP contribution in [0.4, 0.5) is 0 Å². The minimum absolute atomic E-state index is 0.00650. The van der Waals surface area contributed by atoms with E-state index in [9.17, 15) is 9.59 Å². The summed E-state index contributed by atoms with van der Waals surface area (Å²) in [7, 11) is 1.78. The molecule has 1 spiro atoms. The Balaban J connectivity index is 1.41. The van der Waals surface area contributed by atoms with Gasteiger partial charge in [-0.25, -0.2) is 9.67 Å². The Morgan fingerprint density at radius 1 is 1.21 bits per heavy atom. The van der Waals surface area contributed by atoms with Crippen LogP contribution < -0.4 is 5.32 Å². The zero-order valence-electron chi connectivity index (χ0n) is 16.0. The van der Waals surface area contributed by atoms with Crippen molar-refractivity contribution in [2.24, 2.45) is 18.4 Å². The van der Waals surface area contributed by atoms with Gasteiger partial charge in [-0.2, -0.15) is 10.2 Å². The maximum atomic E-state index is 13.0. The Morgan fingerprint density at radius 3 is 2.75 bits per heavy atom. The van der Waals surface area contributed by atoms with E-state index >= 15 is 0 Å². The number of fused-ring (bicyclic) bond motifs is 1. The second-order valence-electron chi connectivity index (χ2n) is 8.34. The Hall–Kier alpha value is -2.71. The summed E-state index contributed by atoms with van der Waals surface area (Å²) in [6.45, 7) is 2.05. The number of carbonyl (C=O) groups is 2. The van der Waals surface area contributed by atoms with E-state index in [0.29, 0.717) is 18.8 Å². The lowest BCUT2D eigenvalue weighted by atomic mass is 9.73. The van der Waals surface area contributed by atoms with Crippen molar-refractivity contribution in [1.82, 2.24) is 34.8 Å². The van der Waals surface area contributed by atoms with Gasteiger partial charge in [0.15, 0.2) is 0 Å². The molecule has 5 rings (SSSR count). The maximum Gasteiger partial charge on any atom is 0.272 e. The highest BCUT2D eigenvalue weighted by Gasteiger charge is 2.51. The lowest BCUT2D eigenvalue weighted by Gasteiger charge is -2.41. The summed E-state index contributed by atoms with van der Waals surface area (Å²) in [5.41, 5.74) is 0.391. The summed E-state index contributed by atoms with van der Waals surface area (Å²) in [5.74, 6) is 1.04. The summed E-state index contributed by atoms with van der Waals surface area (Å²) in [5, 5.41) is 11.7. The predicted molar refractivity (Wildman–Crippen MR) is 99.0 cm³/mol. The van der Waals surface area contributed by atoms with E-state index < -0.39 is 0 Å². The third-order valence-electron chi connectivity index (χ3n) is 6.81. The highest BCUT2D eigenvalue weighted by molar-refractivity contribution is 5.92. The average Bonchev–Trinajstić information content (AvgIpc) is 3.36. The first kappa shape index (κ1) is 17.4. The molecule has 148 valence electrons. The third-order valence-corrected chi connectivity index (χ3v) is 6.81. The fourth-order valence-electron chi connectivity index (χ4n) is 4.82. The minimum atomic E-state index is -0.207. The largest absolute Gasteiger partial charge is 0.345 e. The first-order valence-electron chi connectivity index (χ1n) is 10.0. The quantitative estimate of drug-likeness (QED) is 0.849. The average molecular weight is 383 g/mol. The fraction of sp³-hybridized carbons (Fsp3) is 0.632. The van der Waals surface area contributed by atoms with Crippen LogP contribution in [0.1, 0.15) is 54.5 Å². The second kappa shape index (κ2) is 6.42. The molecular weight excluding hydrogens is 358 g/mol. The van der Waals surface area contributed by atoms with Crippen LogP contribution in [-0.4, -0.2) is 54.3 Å². The first-order chi connectivity index (χ1) is 13.6. The summed E-state index contributed by atoms with van der Waals surface area (Å²) in [4.78, 5) is 32.1. The zero-order chi connectivity index (χ0) is 19.3. The molecule has 2 aromatic rings. The molecule has 28 heavy (non-hydrogen) atoms. The van der Waals surface area contributed by atoms with Crippen molar-refractivity contribution in [1.29, 1.82) is 0 Å². The summed E-state index contributed by atoms with van der Waals surface area (Å²) in [6, 6.07) is 1.54. The number of nitrogens with zero attached hydrogens (tertiary/aromatic N) is 6. The van der Waals surface area contributed by atoms with Crippen LogP contribution in [0.3, 0.4) is 0 Å². The number of aromatic nitrogens is 5. The molecule has 4 heterocycles. The number of amides is 2. The predicted octanol–water partition coefficient (Wildman–Crippen LogP) is 0.905. The molecule has 2 aliphatic heterocycles. The summed E-state index contributed by atoms with van der Waals surface area (Å²) < 4.78 is 3.50. The molecular formula is C19H25N7O2. The number of hydrogen-bond donors (Lipinski definition) is 1.